The summed E-state index contributed by atoms with van der Waals surface area (Å²) in [5, 5.41) is 7.47. The van der Waals surface area contributed by atoms with E-state index in [0.29, 0.717) is 16.8 Å². The number of aromatic nitrogens is 2. The lowest BCUT2D eigenvalue weighted by Gasteiger charge is -2.30. The van der Waals surface area contributed by atoms with Gasteiger partial charge in [-0.3, -0.25) is 19.1 Å². The number of nitrogens with one attached hydrogen (secondary N) is 1. The molecule has 4 aromatic rings. The second kappa shape index (κ2) is 10.2. The smallest absolute Gasteiger partial charge is 0.263 e. The van der Waals surface area contributed by atoms with Crippen molar-refractivity contribution in [3.05, 3.63) is 75.0 Å². The summed E-state index contributed by atoms with van der Waals surface area (Å²) in [5.74, 6) is 0.631. The summed E-state index contributed by atoms with van der Waals surface area (Å²) in [6.45, 7) is 6.03. The fraction of sp³-hybridized carbons (Fsp3) is 0.346. The number of piperidine rings is 1. The van der Waals surface area contributed by atoms with Crippen molar-refractivity contribution in [2.24, 2.45) is 5.92 Å². The van der Waals surface area contributed by atoms with Gasteiger partial charge in [0.1, 0.15) is 11.4 Å². The van der Waals surface area contributed by atoms with Crippen LogP contribution in [-0.2, 0) is 24.4 Å². The Morgan fingerprint density at radius 1 is 1.12 bits per heavy atom. The van der Waals surface area contributed by atoms with Crippen LogP contribution in [0.1, 0.15) is 30.9 Å². The second-order valence-electron chi connectivity index (χ2n) is 9.04. The maximum Gasteiger partial charge on any atom is 0.263 e. The number of hydrogen-bond acceptors (Lipinski definition) is 6. The number of carbonyl (C=O) groups is 1. The minimum atomic E-state index is -0.206. The van der Waals surface area contributed by atoms with E-state index in [4.69, 9.17) is 0 Å². The molecule has 0 radical (unpaired) electrons. The van der Waals surface area contributed by atoms with Crippen LogP contribution in [0.3, 0.4) is 0 Å². The van der Waals surface area contributed by atoms with Gasteiger partial charge in [0.2, 0.25) is 5.91 Å². The van der Waals surface area contributed by atoms with E-state index in [1.165, 1.54) is 53.7 Å². The molecule has 0 saturated carbocycles. The Bertz CT molecular complexity index is 1320. The number of rotatable bonds is 7. The Morgan fingerprint density at radius 2 is 1.88 bits per heavy atom. The molecule has 0 unspecified atom stereocenters. The summed E-state index contributed by atoms with van der Waals surface area (Å²) in [6.07, 6.45) is 4.02. The van der Waals surface area contributed by atoms with Crippen LogP contribution in [0.4, 0.5) is 0 Å². The highest BCUT2D eigenvalue weighted by Crippen LogP contribution is 2.33. The van der Waals surface area contributed by atoms with Crippen molar-refractivity contribution in [3.8, 4) is 10.4 Å². The van der Waals surface area contributed by atoms with E-state index in [2.05, 4.69) is 46.4 Å². The summed E-state index contributed by atoms with van der Waals surface area (Å²) in [5.41, 5.74) is 3.05. The minimum absolute atomic E-state index is 0.0486. The Balaban J connectivity index is 1.19. The second-order valence-corrected chi connectivity index (χ2v) is 10.8. The molecule has 6 nitrogen and oxygen atoms in total. The minimum Gasteiger partial charge on any atom is -0.350 e. The van der Waals surface area contributed by atoms with Gasteiger partial charge in [-0.15, -0.1) is 22.7 Å². The van der Waals surface area contributed by atoms with E-state index in [-0.39, 0.29) is 18.0 Å². The number of amides is 1. The van der Waals surface area contributed by atoms with Crippen LogP contribution >= 0.6 is 22.7 Å². The molecule has 0 aliphatic carbocycles. The fourth-order valence-electron chi connectivity index (χ4n) is 4.35. The lowest BCUT2D eigenvalue weighted by molar-refractivity contribution is -0.121. The maximum absolute atomic E-state index is 13.1. The molecule has 1 amide bonds. The molecule has 1 fully saturated rings. The average molecular weight is 493 g/mol. The number of benzene rings is 1. The van der Waals surface area contributed by atoms with Gasteiger partial charge in [-0.1, -0.05) is 37.3 Å². The molecule has 4 heterocycles. The van der Waals surface area contributed by atoms with E-state index < -0.39 is 0 Å². The van der Waals surface area contributed by atoms with E-state index in [1.807, 2.05) is 22.9 Å². The van der Waals surface area contributed by atoms with Gasteiger partial charge in [-0.25, -0.2) is 4.98 Å². The zero-order valence-corrected chi connectivity index (χ0v) is 20.8. The quantitative estimate of drug-likeness (QED) is 0.405. The van der Waals surface area contributed by atoms with Crippen LogP contribution in [0.5, 0.6) is 0 Å². The summed E-state index contributed by atoms with van der Waals surface area (Å²) >= 11 is 3.04. The van der Waals surface area contributed by atoms with Crippen LogP contribution in [0.25, 0.3) is 20.7 Å². The molecule has 1 saturated heterocycles. The Kier molecular flexibility index (Phi) is 6.89. The monoisotopic (exact) mass is 492 g/mol. The molecule has 1 aliphatic heterocycles. The van der Waals surface area contributed by atoms with Gasteiger partial charge in [-0.2, -0.15) is 0 Å². The van der Waals surface area contributed by atoms with Crippen molar-refractivity contribution < 1.29 is 4.79 Å². The van der Waals surface area contributed by atoms with Crippen molar-refractivity contribution in [1.82, 2.24) is 19.8 Å². The number of nitrogens with zero attached hydrogens (tertiary/aromatic N) is 3. The Labute approximate surface area is 206 Å². The average Bonchev–Trinajstić information content (AvgIpc) is 3.52. The number of carbonyl (C=O) groups excluding carboxylic acids is 1. The molecule has 1 aliphatic rings. The van der Waals surface area contributed by atoms with Crippen molar-refractivity contribution in [3.63, 3.8) is 0 Å². The van der Waals surface area contributed by atoms with E-state index in [1.54, 1.807) is 11.3 Å². The molecule has 8 heteroatoms. The third kappa shape index (κ3) is 5.14. The number of thiophene rings is 2. The van der Waals surface area contributed by atoms with E-state index >= 15 is 0 Å². The molecule has 5 rings (SSSR count). The zero-order chi connectivity index (χ0) is 23.5. The highest BCUT2D eigenvalue weighted by molar-refractivity contribution is 7.18. The lowest BCUT2D eigenvalue weighted by atomic mass is 9.99. The summed E-state index contributed by atoms with van der Waals surface area (Å²) in [4.78, 5) is 34.3. The van der Waals surface area contributed by atoms with Crippen LogP contribution in [-0.4, -0.2) is 33.4 Å². The molecule has 1 N–H and O–H groups in total. The largest absolute Gasteiger partial charge is 0.350 e. The van der Waals surface area contributed by atoms with Gasteiger partial charge in [0.25, 0.3) is 5.56 Å². The molecule has 34 heavy (non-hydrogen) atoms. The van der Waals surface area contributed by atoms with Gasteiger partial charge >= 0.3 is 0 Å². The van der Waals surface area contributed by atoms with E-state index in [0.717, 1.165) is 28.5 Å². The van der Waals surface area contributed by atoms with Crippen molar-refractivity contribution in [2.45, 2.75) is 39.4 Å². The van der Waals surface area contributed by atoms with Crippen LogP contribution in [0.15, 0.2) is 58.3 Å². The van der Waals surface area contributed by atoms with Gasteiger partial charge < -0.3 is 5.32 Å². The van der Waals surface area contributed by atoms with Gasteiger partial charge in [0.15, 0.2) is 0 Å². The maximum atomic E-state index is 13.1. The molecular weight excluding hydrogens is 464 g/mol. The van der Waals surface area contributed by atoms with Crippen LogP contribution < -0.4 is 10.9 Å². The third-order valence-electron chi connectivity index (χ3n) is 6.46. The first-order valence-corrected chi connectivity index (χ1v) is 13.4. The highest BCUT2D eigenvalue weighted by atomic mass is 32.1. The first-order valence-electron chi connectivity index (χ1n) is 11.6. The first kappa shape index (κ1) is 23.0. The predicted molar refractivity (Wildman–Crippen MR) is 139 cm³/mol. The summed E-state index contributed by atoms with van der Waals surface area (Å²) in [6, 6.07) is 12.4. The standard InChI is InChI=1S/C26H28N4O2S2/c1-18-8-10-29(11-9-18)14-20-6-4-19(5-7-20)13-27-23(31)15-30-17-28-25-24(26(30)32)21(16-34-25)22-3-2-12-33-22/h2-7,12,16-18H,8-11,13-15H2,1H3,(H,27,31). The topological polar surface area (TPSA) is 67.2 Å². The lowest BCUT2D eigenvalue weighted by Crippen LogP contribution is -2.32. The Morgan fingerprint density at radius 3 is 2.62 bits per heavy atom. The molecule has 0 bridgehead atoms. The summed E-state index contributed by atoms with van der Waals surface area (Å²) in [7, 11) is 0. The zero-order valence-electron chi connectivity index (χ0n) is 19.2. The van der Waals surface area contributed by atoms with Crippen molar-refractivity contribution >= 4 is 38.8 Å². The van der Waals surface area contributed by atoms with Gasteiger partial charge in [-0.05, 0) is 54.4 Å². The number of likely N-dealkylation sites (tertiary alicyclic amines) is 1. The molecule has 1 aromatic carbocycles. The fourth-order valence-corrected chi connectivity index (χ4v) is 6.07. The highest BCUT2D eigenvalue weighted by Gasteiger charge is 2.16. The summed E-state index contributed by atoms with van der Waals surface area (Å²) < 4.78 is 1.39. The first-order chi connectivity index (χ1) is 16.6. The van der Waals surface area contributed by atoms with Crippen molar-refractivity contribution in [1.29, 1.82) is 0 Å². The molecule has 176 valence electrons. The van der Waals surface area contributed by atoms with E-state index in [9.17, 15) is 9.59 Å². The molecule has 0 spiro atoms. The molecule has 0 atom stereocenters. The number of hydrogen-bond donors (Lipinski definition) is 1. The molecule has 3 aromatic heterocycles. The normalized spacial score (nSPS) is 15.1. The number of fused-ring (bicyclic) bond motifs is 1. The van der Waals surface area contributed by atoms with Crippen LogP contribution in [0.2, 0.25) is 0 Å². The van der Waals surface area contributed by atoms with Gasteiger partial charge in [0, 0.05) is 28.9 Å². The molecular formula is C26H28N4O2S2. The Hall–Kier alpha value is -2.81. The van der Waals surface area contributed by atoms with Crippen LogP contribution in [0, 0.1) is 5.92 Å². The van der Waals surface area contributed by atoms with Gasteiger partial charge in [0.05, 0.1) is 11.7 Å². The SMILES string of the molecule is CC1CCN(Cc2ccc(CNC(=O)Cn3cnc4scc(-c5cccs5)c4c3=O)cc2)CC1. The predicted octanol–water partition coefficient (Wildman–Crippen LogP) is 4.73. The third-order valence-corrected chi connectivity index (χ3v) is 8.25. The van der Waals surface area contributed by atoms with Crippen molar-refractivity contribution in [2.75, 3.05) is 13.1 Å².